The molecule has 0 amide bonds. The van der Waals surface area contributed by atoms with Crippen molar-refractivity contribution in [3.05, 3.63) is 85.0 Å². The number of nitrogens with two attached hydrogens (primary N) is 2. The molecule has 22 heteroatoms. The van der Waals surface area contributed by atoms with Crippen LogP contribution in [0.15, 0.2) is 24.3 Å². The van der Waals surface area contributed by atoms with Gasteiger partial charge in [-0.3, -0.25) is 60.7 Å². The largest absolute Gasteiger partial charge is 0.497 e. The van der Waals surface area contributed by atoms with Crippen molar-refractivity contribution in [1.82, 2.24) is 0 Å². The fraction of sp³-hybridized carbons (Fsp3) is 0.294. The van der Waals surface area contributed by atoms with E-state index in [1.54, 1.807) is 0 Å². The van der Waals surface area contributed by atoms with Crippen molar-refractivity contribution in [3.63, 3.8) is 0 Å². The second kappa shape index (κ2) is 15.5. The lowest BCUT2D eigenvalue weighted by Crippen LogP contribution is -2.02. The van der Waals surface area contributed by atoms with Crippen LogP contribution in [0.1, 0.15) is 19.3 Å². The van der Waals surface area contributed by atoms with E-state index < -0.39 is 75.2 Å². The predicted octanol–water partition coefficient (Wildman–Crippen LogP) is 2.31. The number of aromatic hydroxyl groups is 2. The van der Waals surface area contributed by atoms with Crippen LogP contribution in [0.4, 0.5) is 34.1 Å². The molecule has 0 saturated carbocycles. The fourth-order valence-corrected chi connectivity index (χ4v) is 2.41. The molecule has 6 N–H and O–H groups in total. The Kier molecular flexibility index (Phi) is 13.2. The molecule has 0 aliphatic rings. The van der Waals surface area contributed by atoms with Gasteiger partial charge in [0.05, 0.1) is 53.8 Å². The Morgan fingerprint density at radius 1 is 0.487 bits per heavy atom. The number of phenolic OH excluding ortho intramolecular Hbond substituents is 2. The molecule has 2 rings (SSSR count). The first-order chi connectivity index (χ1) is 18.1. The van der Waals surface area contributed by atoms with Crippen molar-refractivity contribution in [1.29, 1.82) is 0 Å². The standard InChI is InChI=1S/2C6H3N3O7.C5H14N2/c2*10-6-4(8(13)14)1-3(7(11)12)2-5(6)9(15)16;6-4-2-1-3-5-7/h2*1-2,10H;1-7H2. The smallest absolute Gasteiger partial charge is 0.324 e. The number of nitro groups is 6. The maximum atomic E-state index is 10.4. The molecule has 0 saturated heterocycles. The van der Waals surface area contributed by atoms with Gasteiger partial charge in [0, 0.05) is 0 Å². The van der Waals surface area contributed by atoms with Gasteiger partial charge < -0.3 is 21.7 Å². The van der Waals surface area contributed by atoms with Crippen molar-refractivity contribution in [2.75, 3.05) is 13.1 Å². The van der Waals surface area contributed by atoms with Crippen LogP contribution in [0.3, 0.4) is 0 Å². The first-order valence-corrected chi connectivity index (χ1v) is 10.1. The zero-order valence-electron chi connectivity index (χ0n) is 19.5. The van der Waals surface area contributed by atoms with Gasteiger partial charge in [0.1, 0.15) is 0 Å². The molecule has 0 aliphatic heterocycles. The van der Waals surface area contributed by atoms with E-state index in [1.807, 2.05) is 0 Å². The molecular formula is C17H20N8O14. The summed E-state index contributed by atoms with van der Waals surface area (Å²) < 4.78 is 0. The van der Waals surface area contributed by atoms with Crippen molar-refractivity contribution in [3.8, 4) is 11.5 Å². The molecule has 39 heavy (non-hydrogen) atoms. The number of phenols is 2. The Hall–Kier alpha value is -5.64. The van der Waals surface area contributed by atoms with E-state index in [-0.39, 0.29) is 0 Å². The summed E-state index contributed by atoms with van der Waals surface area (Å²) in [4.78, 5) is 55.5. The van der Waals surface area contributed by atoms with E-state index >= 15 is 0 Å². The molecule has 2 aromatic rings. The summed E-state index contributed by atoms with van der Waals surface area (Å²) in [6.07, 6.45) is 3.43. The predicted molar refractivity (Wildman–Crippen MR) is 128 cm³/mol. The summed E-state index contributed by atoms with van der Waals surface area (Å²) in [5.41, 5.74) is 4.45. The maximum absolute atomic E-state index is 10.4. The molecule has 22 nitrogen and oxygen atoms in total. The summed E-state index contributed by atoms with van der Waals surface area (Å²) in [5.74, 6) is -2.42. The number of hydrogen-bond donors (Lipinski definition) is 4. The summed E-state index contributed by atoms with van der Waals surface area (Å²) in [5, 5.41) is 80.4. The van der Waals surface area contributed by atoms with E-state index in [0.717, 1.165) is 25.9 Å². The van der Waals surface area contributed by atoms with Gasteiger partial charge in [-0.05, 0) is 25.9 Å². The molecule has 0 aliphatic carbocycles. The molecule has 0 unspecified atom stereocenters. The monoisotopic (exact) mass is 560 g/mol. The molecule has 0 bridgehead atoms. The van der Waals surface area contributed by atoms with E-state index in [0.29, 0.717) is 24.3 Å². The van der Waals surface area contributed by atoms with Crippen LogP contribution in [-0.4, -0.2) is 52.8 Å². The Balaban J connectivity index is 0.000000600. The lowest BCUT2D eigenvalue weighted by molar-refractivity contribution is -0.404. The van der Waals surface area contributed by atoms with Crippen LogP contribution in [0.2, 0.25) is 0 Å². The topological polar surface area (TPSA) is 351 Å². The molecule has 0 aromatic heterocycles. The number of hydrogen-bond acceptors (Lipinski definition) is 16. The van der Waals surface area contributed by atoms with Crippen LogP contribution in [0, 0.1) is 60.7 Å². The van der Waals surface area contributed by atoms with Crippen LogP contribution in [-0.2, 0) is 0 Å². The molecular weight excluding hydrogens is 540 g/mol. The number of nitro benzene ring substituents is 6. The lowest BCUT2D eigenvalue weighted by atomic mass is 10.2. The normalized spacial score (nSPS) is 9.69. The molecule has 0 radical (unpaired) electrons. The molecule has 2 aromatic carbocycles. The third kappa shape index (κ3) is 10.1. The third-order valence-electron chi connectivity index (χ3n) is 4.23. The minimum atomic E-state index is -1.21. The van der Waals surface area contributed by atoms with E-state index in [4.69, 9.17) is 21.7 Å². The highest BCUT2D eigenvalue weighted by atomic mass is 16.7. The Morgan fingerprint density at radius 2 is 0.718 bits per heavy atom. The minimum Gasteiger partial charge on any atom is -0.497 e. The summed E-state index contributed by atoms with van der Waals surface area (Å²) in [6, 6.07) is 1.79. The first-order valence-electron chi connectivity index (χ1n) is 10.1. The Labute approximate surface area is 215 Å². The van der Waals surface area contributed by atoms with Crippen LogP contribution >= 0.6 is 0 Å². The van der Waals surface area contributed by atoms with Crippen molar-refractivity contribution < 1.29 is 39.8 Å². The number of benzene rings is 2. The van der Waals surface area contributed by atoms with Crippen molar-refractivity contribution in [2.45, 2.75) is 19.3 Å². The second-order valence-electron chi connectivity index (χ2n) is 6.85. The molecule has 0 fully saturated rings. The summed E-state index contributed by atoms with van der Waals surface area (Å²) in [7, 11) is 0. The van der Waals surface area contributed by atoms with Crippen LogP contribution in [0.25, 0.3) is 0 Å². The van der Waals surface area contributed by atoms with E-state index in [1.165, 1.54) is 6.42 Å². The third-order valence-corrected chi connectivity index (χ3v) is 4.23. The highest BCUT2D eigenvalue weighted by Gasteiger charge is 2.31. The number of nitrogens with zero attached hydrogens (tertiary/aromatic N) is 6. The molecule has 212 valence electrons. The van der Waals surface area contributed by atoms with Gasteiger partial charge in [0.25, 0.3) is 22.9 Å². The minimum absolute atomic E-state index is 0.447. The van der Waals surface area contributed by atoms with Gasteiger partial charge in [0.2, 0.25) is 0 Å². The highest BCUT2D eigenvalue weighted by Crippen LogP contribution is 2.40. The quantitative estimate of drug-likeness (QED) is 0.184. The molecule has 0 heterocycles. The first kappa shape index (κ1) is 33.4. The van der Waals surface area contributed by atoms with Crippen molar-refractivity contribution in [2.24, 2.45) is 11.5 Å². The van der Waals surface area contributed by atoms with Gasteiger partial charge in [0.15, 0.2) is 0 Å². The van der Waals surface area contributed by atoms with Gasteiger partial charge in [-0.2, -0.15) is 0 Å². The SMILES string of the molecule is NCCCCCN.O=[N+]([O-])c1cc([N+](=O)[O-])c(O)c([N+](=O)[O-])c1.O=[N+]([O-])c1cc([N+](=O)[O-])c(O)c([N+](=O)[O-])c1. The van der Waals surface area contributed by atoms with Crippen LogP contribution in [0.5, 0.6) is 11.5 Å². The Bertz CT molecular complexity index is 1100. The summed E-state index contributed by atoms with van der Waals surface area (Å²) >= 11 is 0. The van der Waals surface area contributed by atoms with E-state index in [2.05, 4.69) is 0 Å². The van der Waals surface area contributed by atoms with Gasteiger partial charge >= 0.3 is 22.7 Å². The molecule has 0 spiro atoms. The summed E-state index contributed by atoms with van der Waals surface area (Å²) in [6.45, 7) is 1.61. The average molecular weight is 560 g/mol. The van der Waals surface area contributed by atoms with Gasteiger partial charge in [-0.25, -0.2) is 0 Å². The van der Waals surface area contributed by atoms with Gasteiger partial charge in [-0.15, -0.1) is 0 Å². The van der Waals surface area contributed by atoms with Crippen molar-refractivity contribution >= 4 is 34.1 Å². The number of rotatable bonds is 10. The molecule has 0 atom stereocenters. The Morgan fingerprint density at radius 3 is 0.872 bits per heavy atom. The maximum Gasteiger partial charge on any atom is 0.324 e. The fourth-order valence-electron chi connectivity index (χ4n) is 2.41. The highest BCUT2D eigenvalue weighted by molar-refractivity contribution is 5.65. The second-order valence-corrected chi connectivity index (χ2v) is 6.85. The average Bonchev–Trinajstić information content (AvgIpc) is 2.84. The van der Waals surface area contributed by atoms with E-state index in [9.17, 15) is 60.7 Å². The number of non-ortho nitro benzene ring substituents is 2. The zero-order chi connectivity index (χ0) is 30.4. The lowest BCUT2D eigenvalue weighted by Gasteiger charge is -1.97. The van der Waals surface area contributed by atoms with Crippen LogP contribution < -0.4 is 11.5 Å². The zero-order valence-corrected chi connectivity index (χ0v) is 19.5. The number of unbranched alkanes of at least 4 members (excludes halogenated alkanes) is 2. The van der Waals surface area contributed by atoms with Gasteiger partial charge in [-0.1, -0.05) is 6.42 Å².